The molecule has 3 heteroatoms. The molecule has 0 radical (unpaired) electrons. The molecule has 3 fully saturated rings. The van der Waals surface area contributed by atoms with Crippen molar-refractivity contribution in [1.29, 1.82) is 0 Å². The minimum atomic E-state index is -0.406. The van der Waals surface area contributed by atoms with E-state index in [1.165, 1.54) is 0 Å². The van der Waals surface area contributed by atoms with Crippen LogP contribution in [0.2, 0.25) is 0 Å². The number of fused-ring (bicyclic) bond motifs is 3. The summed E-state index contributed by atoms with van der Waals surface area (Å²) in [6.45, 7) is 12.6. The second kappa shape index (κ2) is 5.16. The molecule has 0 amide bonds. The van der Waals surface area contributed by atoms with Gasteiger partial charge in [0.1, 0.15) is 5.78 Å². The molecule has 3 aliphatic rings. The van der Waals surface area contributed by atoms with Crippen molar-refractivity contribution in [2.75, 3.05) is 6.61 Å². The molecule has 0 aromatic rings. The Bertz CT molecular complexity index is 529. The second-order valence-electron chi connectivity index (χ2n) is 9.27. The van der Waals surface area contributed by atoms with Crippen LogP contribution in [0.5, 0.6) is 0 Å². The average Bonchev–Trinajstić information content (AvgIpc) is 2.45. The zero-order valence-corrected chi connectivity index (χ0v) is 15.2. The standard InChI is InChI=1S/C20H32O3/c1-6-18(3)11-8-15-19(4)10-7-9-17(2,13-21)16(19)14(22)12-20(15,5)23-18/h6,15-16,21H,1,7-13H2,2-5H3/t15?,16?,17?,18-,19+,20+/m1/s1. The van der Waals surface area contributed by atoms with Crippen LogP contribution in [-0.4, -0.2) is 28.7 Å². The molecule has 1 saturated heterocycles. The van der Waals surface area contributed by atoms with Crippen molar-refractivity contribution in [2.45, 2.75) is 77.4 Å². The van der Waals surface area contributed by atoms with Crippen LogP contribution in [0.1, 0.15) is 66.2 Å². The maximum Gasteiger partial charge on any atom is 0.140 e. The third-order valence-electron chi connectivity index (χ3n) is 7.39. The number of Topliss-reactive ketones (excluding diaryl/α,β-unsaturated/α-hetero) is 1. The fraction of sp³-hybridized carbons (Fsp3) is 0.850. The van der Waals surface area contributed by atoms with Gasteiger partial charge >= 0.3 is 0 Å². The maximum absolute atomic E-state index is 13.2. The molecule has 3 nitrogen and oxygen atoms in total. The normalized spacial score (nSPS) is 53.3. The molecule has 130 valence electrons. The van der Waals surface area contributed by atoms with Crippen LogP contribution in [0.25, 0.3) is 0 Å². The van der Waals surface area contributed by atoms with E-state index in [-0.39, 0.29) is 34.7 Å². The lowest BCUT2D eigenvalue weighted by Crippen LogP contribution is -2.66. The van der Waals surface area contributed by atoms with E-state index in [1.54, 1.807) is 0 Å². The van der Waals surface area contributed by atoms with E-state index in [2.05, 4.69) is 34.3 Å². The number of carbonyl (C=O) groups is 1. The lowest BCUT2D eigenvalue weighted by molar-refractivity contribution is -0.246. The summed E-state index contributed by atoms with van der Waals surface area (Å²) in [5, 5.41) is 10.0. The van der Waals surface area contributed by atoms with Crippen LogP contribution in [0.4, 0.5) is 0 Å². The third-order valence-corrected chi connectivity index (χ3v) is 7.39. The van der Waals surface area contributed by atoms with Crippen molar-refractivity contribution in [3.05, 3.63) is 12.7 Å². The van der Waals surface area contributed by atoms with Gasteiger partial charge in [0.25, 0.3) is 0 Å². The molecular weight excluding hydrogens is 288 g/mol. The first kappa shape index (κ1) is 17.2. The molecule has 3 unspecified atom stereocenters. The van der Waals surface area contributed by atoms with Gasteiger partial charge in [-0.1, -0.05) is 26.3 Å². The number of ether oxygens (including phenoxy) is 1. The fourth-order valence-electron chi connectivity index (χ4n) is 6.43. The Labute approximate surface area is 140 Å². The van der Waals surface area contributed by atoms with Gasteiger partial charge in [-0.2, -0.15) is 0 Å². The van der Waals surface area contributed by atoms with Crippen LogP contribution in [-0.2, 0) is 9.53 Å². The summed E-state index contributed by atoms with van der Waals surface area (Å²) in [6.07, 6.45) is 7.49. The van der Waals surface area contributed by atoms with Crippen LogP contribution in [0, 0.1) is 22.7 Å². The Kier molecular flexibility index (Phi) is 3.85. The van der Waals surface area contributed by atoms with Crippen LogP contribution >= 0.6 is 0 Å². The highest BCUT2D eigenvalue weighted by atomic mass is 16.5. The molecule has 0 aromatic carbocycles. The number of aliphatic hydroxyl groups excluding tert-OH is 1. The summed E-state index contributed by atoms with van der Waals surface area (Å²) in [7, 11) is 0. The Morgan fingerprint density at radius 2 is 1.96 bits per heavy atom. The largest absolute Gasteiger partial charge is 0.396 e. The van der Waals surface area contributed by atoms with Crippen molar-refractivity contribution in [3.63, 3.8) is 0 Å². The van der Waals surface area contributed by atoms with Gasteiger partial charge in [-0.3, -0.25) is 4.79 Å². The molecule has 1 aliphatic heterocycles. The number of rotatable bonds is 2. The first-order valence-electron chi connectivity index (χ1n) is 9.10. The Morgan fingerprint density at radius 1 is 1.26 bits per heavy atom. The highest BCUT2D eigenvalue weighted by molar-refractivity contribution is 5.85. The van der Waals surface area contributed by atoms with Crippen LogP contribution in [0.15, 0.2) is 12.7 Å². The highest BCUT2D eigenvalue weighted by Gasteiger charge is 2.65. The molecular formula is C20H32O3. The minimum absolute atomic E-state index is 0.0384. The van der Waals surface area contributed by atoms with E-state index in [1.807, 2.05) is 6.08 Å². The Hall–Kier alpha value is -0.670. The zero-order valence-electron chi connectivity index (χ0n) is 15.2. The molecule has 2 aliphatic carbocycles. The number of carbonyl (C=O) groups excluding carboxylic acids is 1. The SMILES string of the molecule is C=C[C@]1(C)CCC2[C@]3(C)CCCC(C)(CO)C3C(=O)C[C@]2(C)O1. The van der Waals surface area contributed by atoms with Crippen molar-refractivity contribution in [2.24, 2.45) is 22.7 Å². The monoisotopic (exact) mass is 320 g/mol. The predicted molar refractivity (Wildman–Crippen MR) is 91.1 cm³/mol. The fourth-order valence-corrected chi connectivity index (χ4v) is 6.43. The van der Waals surface area contributed by atoms with Gasteiger partial charge in [0.2, 0.25) is 0 Å². The van der Waals surface area contributed by atoms with Crippen molar-refractivity contribution >= 4 is 5.78 Å². The van der Waals surface area contributed by atoms with Crippen molar-refractivity contribution in [3.8, 4) is 0 Å². The maximum atomic E-state index is 13.2. The minimum Gasteiger partial charge on any atom is -0.396 e. The first-order valence-corrected chi connectivity index (χ1v) is 9.10. The molecule has 6 atom stereocenters. The van der Waals surface area contributed by atoms with Gasteiger partial charge in [0, 0.05) is 24.4 Å². The summed E-state index contributed by atoms with van der Waals surface area (Å²) in [5.41, 5.74) is -1.08. The Balaban J connectivity index is 2.03. The van der Waals surface area contributed by atoms with E-state index < -0.39 is 5.60 Å². The molecule has 1 N–H and O–H groups in total. The lowest BCUT2D eigenvalue weighted by Gasteiger charge is -2.64. The molecule has 23 heavy (non-hydrogen) atoms. The quantitative estimate of drug-likeness (QED) is 0.785. The predicted octanol–water partition coefficient (Wildman–Crippen LogP) is 3.89. The first-order chi connectivity index (χ1) is 10.6. The van der Waals surface area contributed by atoms with E-state index in [0.717, 1.165) is 32.1 Å². The molecule has 0 aromatic heterocycles. The summed E-state index contributed by atoms with van der Waals surface area (Å²) >= 11 is 0. The summed E-state index contributed by atoms with van der Waals surface area (Å²) in [4.78, 5) is 13.2. The number of hydrogen-bond acceptors (Lipinski definition) is 3. The molecule has 0 spiro atoms. The highest BCUT2D eigenvalue weighted by Crippen LogP contribution is 2.64. The second-order valence-corrected chi connectivity index (χ2v) is 9.27. The van der Waals surface area contributed by atoms with Crippen molar-refractivity contribution < 1.29 is 14.6 Å². The zero-order chi connectivity index (χ0) is 17.1. The molecule has 2 saturated carbocycles. The number of hydrogen-bond donors (Lipinski definition) is 1. The van der Waals surface area contributed by atoms with Gasteiger partial charge in [-0.25, -0.2) is 0 Å². The summed E-state index contributed by atoms with van der Waals surface area (Å²) < 4.78 is 6.50. The third kappa shape index (κ3) is 2.34. The van der Waals surface area contributed by atoms with Crippen molar-refractivity contribution in [1.82, 2.24) is 0 Å². The average molecular weight is 320 g/mol. The molecule has 1 heterocycles. The van der Waals surface area contributed by atoms with Crippen LogP contribution in [0.3, 0.4) is 0 Å². The van der Waals surface area contributed by atoms with E-state index in [9.17, 15) is 9.90 Å². The van der Waals surface area contributed by atoms with Gasteiger partial charge in [-0.15, -0.1) is 6.58 Å². The molecule has 0 bridgehead atoms. The van der Waals surface area contributed by atoms with Gasteiger partial charge in [0.05, 0.1) is 11.2 Å². The Morgan fingerprint density at radius 3 is 2.57 bits per heavy atom. The summed E-state index contributed by atoms with van der Waals surface area (Å²) in [5.74, 6) is 0.622. The lowest BCUT2D eigenvalue weighted by atomic mass is 9.44. The topological polar surface area (TPSA) is 46.5 Å². The number of ketones is 1. The summed E-state index contributed by atoms with van der Waals surface area (Å²) in [6, 6.07) is 0. The van der Waals surface area contributed by atoms with E-state index in [0.29, 0.717) is 12.3 Å². The smallest absolute Gasteiger partial charge is 0.140 e. The van der Waals surface area contributed by atoms with Gasteiger partial charge in [0.15, 0.2) is 0 Å². The van der Waals surface area contributed by atoms with Crippen LogP contribution < -0.4 is 0 Å². The van der Waals surface area contributed by atoms with Gasteiger partial charge in [-0.05, 0) is 50.9 Å². The van der Waals surface area contributed by atoms with Gasteiger partial charge < -0.3 is 9.84 Å². The number of aliphatic hydroxyl groups is 1. The van der Waals surface area contributed by atoms with E-state index in [4.69, 9.17) is 4.74 Å². The molecule has 3 rings (SSSR count). The van der Waals surface area contributed by atoms with E-state index >= 15 is 0 Å².